The maximum atomic E-state index is 13.6. The molecule has 7 heteroatoms. The van der Waals surface area contributed by atoms with Gasteiger partial charge in [-0.25, -0.2) is 4.79 Å². The fourth-order valence-electron chi connectivity index (χ4n) is 4.17. The molecule has 0 unspecified atom stereocenters. The Balaban J connectivity index is 2.03. The average molecular weight is 366 g/mol. The molecule has 4 rings (SSSR count). The second-order valence-electron chi connectivity index (χ2n) is 7.73. The summed E-state index contributed by atoms with van der Waals surface area (Å²) in [5.41, 5.74) is 3.91. The van der Waals surface area contributed by atoms with Crippen LogP contribution in [0.5, 0.6) is 0 Å². The third-order valence-corrected chi connectivity index (χ3v) is 4.97. The molecule has 0 bridgehead atoms. The number of carbonyl (C=O) groups is 2. The van der Waals surface area contributed by atoms with Gasteiger partial charge in [-0.05, 0) is 27.7 Å². The highest BCUT2D eigenvalue weighted by molar-refractivity contribution is 6.16. The molecule has 2 aliphatic heterocycles. The summed E-state index contributed by atoms with van der Waals surface area (Å²) < 4.78 is 17.3. The molecule has 0 aromatic heterocycles. The summed E-state index contributed by atoms with van der Waals surface area (Å²) >= 11 is 0. The van der Waals surface area contributed by atoms with Crippen LogP contribution in [0.3, 0.4) is 0 Å². The number of allylic oxidation sites excluding steroid dienone is 1. The van der Waals surface area contributed by atoms with Gasteiger partial charge in [0.25, 0.3) is 0 Å². The Morgan fingerprint density at radius 1 is 1.26 bits per heavy atom. The van der Waals surface area contributed by atoms with Gasteiger partial charge in [-0.1, -0.05) is 24.3 Å². The monoisotopic (exact) mass is 366 g/mol. The smallest absolute Gasteiger partial charge is 0.339 e. The molecule has 3 aliphatic rings. The fourth-order valence-corrected chi connectivity index (χ4v) is 4.17. The number of esters is 1. The number of Topliss-reactive ketones (excluding diaryl/α,β-unsaturated/α-hetero) is 1. The molecule has 0 amide bonds. The lowest BCUT2D eigenvalue weighted by molar-refractivity contribution is -0.200. The zero-order valence-electron chi connectivity index (χ0n) is 15.4. The molecule has 0 radical (unpaired) electrons. The summed E-state index contributed by atoms with van der Waals surface area (Å²) in [6.45, 7) is 6.70. The molecule has 2 atom stereocenters. The summed E-state index contributed by atoms with van der Waals surface area (Å²) in [4.78, 5) is 26.6. The molecule has 1 aromatic carbocycles. The average Bonchev–Trinajstić information content (AvgIpc) is 3.03. The van der Waals surface area contributed by atoms with E-state index in [1.54, 1.807) is 52.0 Å². The number of nitriles is 1. The molecule has 2 heterocycles. The van der Waals surface area contributed by atoms with Crippen molar-refractivity contribution in [2.75, 3.05) is 0 Å². The predicted octanol–water partition coefficient (Wildman–Crippen LogP) is 2.39. The Bertz CT molecular complexity index is 1020. The number of carbonyl (C=O) groups excluding carboxylic acids is 2. The van der Waals surface area contributed by atoms with E-state index in [4.69, 9.17) is 19.9 Å². The summed E-state index contributed by atoms with van der Waals surface area (Å²) in [5, 5.41) is 9.79. The Labute approximate surface area is 156 Å². The van der Waals surface area contributed by atoms with Crippen LogP contribution in [-0.2, 0) is 24.8 Å². The lowest BCUT2D eigenvalue weighted by atomic mass is 9.69. The first-order chi connectivity index (χ1) is 12.6. The molecule has 1 aromatic rings. The normalized spacial score (nSPS) is 28.2. The molecule has 0 fully saturated rings. The van der Waals surface area contributed by atoms with Crippen molar-refractivity contribution in [3.8, 4) is 6.07 Å². The van der Waals surface area contributed by atoms with Crippen LogP contribution in [0, 0.1) is 16.7 Å². The van der Waals surface area contributed by atoms with Crippen molar-refractivity contribution in [3.63, 3.8) is 0 Å². The first-order valence-electron chi connectivity index (χ1n) is 8.47. The van der Waals surface area contributed by atoms with Gasteiger partial charge in [-0.2, -0.15) is 5.26 Å². The minimum atomic E-state index is -1.80. The van der Waals surface area contributed by atoms with Crippen LogP contribution >= 0.6 is 0 Å². The summed E-state index contributed by atoms with van der Waals surface area (Å²) in [6, 6.07) is 8.68. The number of benzene rings is 1. The molecular weight excluding hydrogens is 348 g/mol. The maximum absolute atomic E-state index is 13.6. The van der Waals surface area contributed by atoms with E-state index in [0.29, 0.717) is 11.1 Å². The number of nitrogens with two attached hydrogens (primary N) is 1. The van der Waals surface area contributed by atoms with Gasteiger partial charge in [-0.15, -0.1) is 0 Å². The number of fused-ring (bicyclic) bond motifs is 1. The molecule has 138 valence electrons. The topological polar surface area (TPSA) is 112 Å². The molecule has 0 saturated carbocycles. The first-order valence-corrected chi connectivity index (χ1v) is 8.47. The van der Waals surface area contributed by atoms with E-state index in [-0.39, 0.29) is 22.8 Å². The van der Waals surface area contributed by atoms with Gasteiger partial charge >= 0.3 is 11.8 Å². The molecule has 27 heavy (non-hydrogen) atoms. The summed E-state index contributed by atoms with van der Waals surface area (Å²) in [6.07, 6.45) is 0. The number of rotatable bonds is 1. The van der Waals surface area contributed by atoms with Crippen LogP contribution in [0.25, 0.3) is 0 Å². The highest BCUT2D eigenvalue weighted by Crippen LogP contribution is 2.69. The Morgan fingerprint density at radius 3 is 2.56 bits per heavy atom. The van der Waals surface area contributed by atoms with E-state index < -0.39 is 28.6 Å². The van der Waals surface area contributed by atoms with Gasteiger partial charge in [0.1, 0.15) is 28.6 Å². The van der Waals surface area contributed by atoms with Crippen molar-refractivity contribution >= 4 is 11.8 Å². The number of nitrogens with zero attached hydrogens (tertiary/aromatic N) is 1. The summed E-state index contributed by atoms with van der Waals surface area (Å²) in [7, 11) is 0. The van der Waals surface area contributed by atoms with Crippen LogP contribution in [0.1, 0.15) is 43.6 Å². The number of ketones is 1. The third kappa shape index (κ3) is 1.80. The maximum Gasteiger partial charge on any atom is 0.339 e. The third-order valence-electron chi connectivity index (χ3n) is 4.97. The van der Waals surface area contributed by atoms with Crippen molar-refractivity contribution in [1.29, 1.82) is 5.26 Å². The second kappa shape index (κ2) is 4.92. The highest BCUT2D eigenvalue weighted by atomic mass is 16.7. The molecule has 7 nitrogen and oxygen atoms in total. The molecule has 0 saturated heterocycles. The highest BCUT2D eigenvalue weighted by Gasteiger charge is 2.80. The van der Waals surface area contributed by atoms with Crippen LogP contribution in [0.15, 0.2) is 47.1 Å². The zero-order valence-corrected chi connectivity index (χ0v) is 15.4. The molecule has 0 spiro atoms. The van der Waals surface area contributed by atoms with Gasteiger partial charge in [0, 0.05) is 11.1 Å². The fraction of sp³-hybridized carbons (Fsp3) is 0.350. The van der Waals surface area contributed by atoms with Crippen molar-refractivity contribution in [2.24, 2.45) is 11.1 Å². The lowest BCUT2D eigenvalue weighted by Crippen LogP contribution is -2.45. The van der Waals surface area contributed by atoms with E-state index in [1.807, 2.05) is 6.07 Å². The van der Waals surface area contributed by atoms with Crippen molar-refractivity contribution in [2.45, 2.75) is 39.1 Å². The number of hydrogen-bond acceptors (Lipinski definition) is 7. The van der Waals surface area contributed by atoms with E-state index in [1.165, 1.54) is 0 Å². The second-order valence-corrected chi connectivity index (χ2v) is 7.73. The Morgan fingerprint density at radius 2 is 1.93 bits per heavy atom. The standard InChI is InChI=1S/C20H18N2O5/c1-10-14(17(24)27-18(2,3)4)19-13(9-21)16(22)26-20(19,25-10)12-8-6-5-7-11(12)15(19)23/h5-8H,22H2,1-4H3/t19-,20-/m1/s1. The summed E-state index contributed by atoms with van der Waals surface area (Å²) in [5.74, 6) is -2.96. The largest absolute Gasteiger partial charge is 0.456 e. The Hall–Kier alpha value is -3.27. The van der Waals surface area contributed by atoms with Crippen molar-refractivity contribution in [1.82, 2.24) is 0 Å². The minimum Gasteiger partial charge on any atom is -0.456 e. The van der Waals surface area contributed by atoms with Crippen molar-refractivity contribution in [3.05, 3.63) is 58.2 Å². The van der Waals surface area contributed by atoms with Crippen molar-refractivity contribution < 1.29 is 23.8 Å². The van der Waals surface area contributed by atoms with Gasteiger partial charge in [0.05, 0.1) is 0 Å². The van der Waals surface area contributed by atoms with E-state index in [9.17, 15) is 14.9 Å². The lowest BCUT2D eigenvalue weighted by Gasteiger charge is -2.32. The van der Waals surface area contributed by atoms with Gasteiger partial charge < -0.3 is 19.9 Å². The van der Waals surface area contributed by atoms with Gasteiger partial charge in [0.15, 0.2) is 11.2 Å². The van der Waals surface area contributed by atoms with Gasteiger partial charge in [0.2, 0.25) is 5.88 Å². The van der Waals surface area contributed by atoms with E-state index in [0.717, 1.165) is 0 Å². The SMILES string of the molecule is CC1=C(C(=O)OC(C)(C)C)[C@]23C(=O)c4ccccc4[C@@]2(O1)OC(N)=C3C#N. The van der Waals surface area contributed by atoms with Crippen LogP contribution < -0.4 is 5.73 Å². The Kier molecular flexibility index (Phi) is 3.12. The number of ether oxygens (including phenoxy) is 3. The van der Waals surface area contributed by atoms with Crippen LogP contribution in [0.2, 0.25) is 0 Å². The molecule has 1 aliphatic carbocycles. The van der Waals surface area contributed by atoms with Crippen LogP contribution in [-0.4, -0.2) is 17.4 Å². The molecule has 2 N–H and O–H groups in total. The molecular formula is C20H18N2O5. The first kappa shape index (κ1) is 17.2. The van der Waals surface area contributed by atoms with E-state index in [2.05, 4.69) is 0 Å². The van der Waals surface area contributed by atoms with Crippen LogP contribution in [0.4, 0.5) is 0 Å². The number of hydrogen-bond donors (Lipinski definition) is 1. The minimum absolute atomic E-state index is 0.0457. The zero-order chi connectivity index (χ0) is 19.8. The van der Waals surface area contributed by atoms with E-state index >= 15 is 0 Å². The van der Waals surface area contributed by atoms with Gasteiger partial charge in [-0.3, -0.25) is 4.79 Å². The predicted molar refractivity (Wildman–Crippen MR) is 92.4 cm³/mol. The quantitative estimate of drug-likeness (QED) is 0.760.